The molecule has 0 radical (unpaired) electrons. The molecule has 1 saturated heterocycles. The van der Waals surface area contributed by atoms with Crippen LogP contribution in [0.3, 0.4) is 0 Å². The molecule has 0 aromatic heterocycles. The number of ether oxygens (including phenoxy) is 2. The van der Waals surface area contributed by atoms with Crippen LogP contribution in [0.4, 0.5) is 13.2 Å². The topological polar surface area (TPSA) is 108 Å². The predicted octanol–water partition coefficient (Wildman–Crippen LogP) is 1.63. The van der Waals surface area contributed by atoms with Gasteiger partial charge in [0.1, 0.15) is 5.75 Å². The number of halogens is 3. The van der Waals surface area contributed by atoms with Crippen molar-refractivity contribution in [2.75, 3.05) is 59.6 Å². The van der Waals surface area contributed by atoms with Crippen molar-refractivity contribution < 1.29 is 42.1 Å². The van der Waals surface area contributed by atoms with E-state index in [4.69, 9.17) is 19.4 Å². The van der Waals surface area contributed by atoms with E-state index in [0.717, 1.165) is 31.9 Å². The third kappa shape index (κ3) is 10.5. The van der Waals surface area contributed by atoms with Crippen molar-refractivity contribution in [1.82, 2.24) is 15.1 Å². The molecule has 1 heterocycles. The number of carbonyl (C=O) groups excluding carboxylic acids is 2. The fraction of sp³-hybridized carbons (Fsp3) is 0.571. The second-order valence-corrected chi connectivity index (χ2v) is 6.93. The van der Waals surface area contributed by atoms with E-state index in [2.05, 4.69) is 5.32 Å². The number of carbonyl (C=O) groups is 3. The minimum absolute atomic E-state index is 0.0911. The molecule has 1 aliphatic rings. The van der Waals surface area contributed by atoms with Crippen molar-refractivity contribution in [1.29, 1.82) is 0 Å². The van der Waals surface area contributed by atoms with Crippen LogP contribution in [0.2, 0.25) is 0 Å². The molecule has 2 rings (SSSR count). The van der Waals surface area contributed by atoms with E-state index in [1.54, 1.807) is 36.3 Å². The number of nitrogens with one attached hydrogen (secondary N) is 1. The molecule has 0 bridgehead atoms. The Morgan fingerprint density at radius 1 is 1.12 bits per heavy atom. The second kappa shape index (κ2) is 14.3. The van der Waals surface area contributed by atoms with Crippen molar-refractivity contribution in [2.45, 2.75) is 19.5 Å². The summed E-state index contributed by atoms with van der Waals surface area (Å²) < 4.78 is 42.3. The number of carboxylic acid groups (broad SMARTS) is 1. The number of amides is 2. The lowest BCUT2D eigenvalue weighted by Crippen LogP contribution is -2.47. The zero-order chi connectivity index (χ0) is 24.9. The lowest BCUT2D eigenvalue weighted by atomic mass is 10.2. The maximum absolute atomic E-state index is 12.8. The number of carboxylic acids is 1. The monoisotopic (exact) mass is 477 g/mol. The van der Waals surface area contributed by atoms with Crippen LogP contribution in [0.25, 0.3) is 0 Å². The number of nitrogens with zero attached hydrogens (tertiary/aromatic N) is 2. The standard InChI is InChI=1S/C19H29N3O4.C2HF3O2/c1-3-26-17-6-4-16(5-7-17)19(24)22(14-15-25-2)11-8-18(23)21-12-9-20-10-13-21;3-2(4,5)1(6)7/h4-7,20H,3,8-15H2,1-2H3;(H,6,7). The van der Waals surface area contributed by atoms with Crippen LogP contribution in [0.15, 0.2) is 24.3 Å². The smallest absolute Gasteiger partial charge is 0.490 e. The van der Waals surface area contributed by atoms with Gasteiger partial charge in [-0.05, 0) is 31.2 Å². The van der Waals surface area contributed by atoms with Gasteiger partial charge in [0.05, 0.1) is 13.2 Å². The maximum Gasteiger partial charge on any atom is 0.490 e. The lowest BCUT2D eigenvalue weighted by molar-refractivity contribution is -0.192. The number of piperazine rings is 1. The summed E-state index contributed by atoms with van der Waals surface area (Å²) in [6, 6.07) is 7.09. The molecule has 2 N–H and O–H groups in total. The fourth-order valence-electron chi connectivity index (χ4n) is 2.86. The molecule has 0 saturated carbocycles. The van der Waals surface area contributed by atoms with Gasteiger partial charge in [0.2, 0.25) is 5.91 Å². The van der Waals surface area contributed by atoms with E-state index < -0.39 is 12.1 Å². The van der Waals surface area contributed by atoms with E-state index in [9.17, 15) is 22.8 Å². The van der Waals surface area contributed by atoms with Gasteiger partial charge in [0.15, 0.2) is 0 Å². The summed E-state index contributed by atoms with van der Waals surface area (Å²) in [6.07, 6.45) is -4.76. The molecule has 33 heavy (non-hydrogen) atoms. The van der Waals surface area contributed by atoms with E-state index in [-0.39, 0.29) is 11.8 Å². The Balaban J connectivity index is 0.000000675. The summed E-state index contributed by atoms with van der Waals surface area (Å²) >= 11 is 0. The van der Waals surface area contributed by atoms with E-state index in [1.165, 1.54) is 0 Å². The average Bonchev–Trinajstić information content (AvgIpc) is 2.79. The van der Waals surface area contributed by atoms with Gasteiger partial charge in [-0.25, -0.2) is 4.79 Å². The number of alkyl halides is 3. The fourth-order valence-corrected chi connectivity index (χ4v) is 2.86. The maximum atomic E-state index is 12.8. The molecule has 2 amide bonds. The Morgan fingerprint density at radius 3 is 2.18 bits per heavy atom. The third-order valence-electron chi connectivity index (χ3n) is 4.57. The Hall–Kier alpha value is -2.86. The summed E-state index contributed by atoms with van der Waals surface area (Å²) in [5.41, 5.74) is 0.583. The summed E-state index contributed by atoms with van der Waals surface area (Å²) in [7, 11) is 1.60. The van der Waals surface area contributed by atoms with E-state index in [1.807, 2.05) is 11.8 Å². The van der Waals surface area contributed by atoms with Crippen LogP contribution in [0.5, 0.6) is 5.75 Å². The van der Waals surface area contributed by atoms with Crippen LogP contribution < -0.4 is 10.1 Å². The van der Waals surface area contributed by atoms with Gasteiger partial charge in [-0.1, -0.05) is 0 Å². The molecule has 0 atom stereocenters. The first kappa shape index (κ1) is 28.2. The SMILES string of the molecule is CCOc1ccc(C(=O)N(CCOC)CCC(=O)N2CCNCC2)cc1.O=C(O)C(F)(F)F. The summed E-state index contributed by atoms with van der Waals surface area (Å²) in [6.45, 7) is 6.88. The van der Waals surface area contributed by atoms with E-state index in [0.29, 0.717) is 38.3 Å². The van der Waals surface area contributed by atoms with Crippen LogP contribution in [-0.2, 0) is 14.3 Å². The van der Waals surface area contributed by atoms with Gasteiger partial charge in [-0.2, -0.15) is 13.2 Å². The highest BCUT2D eigenvalue weighted by Gasteiger charge is 2.38. The first-order chi connectivity index (χ1) is 15.6. The van der Waals surface area contributed by atoms with Gasteiger partial charge in [0.25, 0.3) is 5.91 Å². The molecular formula is C21H30F3N3O6. The summed E-state index contributed by atoms with van der Waals surface area (Å²) in [5.74, 6) is -2.03. The molecule has 1 aromatic rings. The highest BCUT2D eigenvalue weighted by Crippen LogP contribution is 2.14. The van der Waals surface area contributed by atoms with Crippen LogP contribution in [0.1, 0.15) is 23.7 Å². The predicted molar refractivity (Wildman–Crippen MR) is 113 cm³/mol. The highest BCUT2D eigenvalue weighted by atomic mass is 19.4. The largest absolute Gasteiger partial charge is 0.494 e. The van der Waals surface area contributed by atoms with Gasteiger partial charge >= 0.3 is 12.1 Å². The Morgan fingerprint density at radius 2 is 1.70 bits per heavy atom. The Kier molecular flexibility index (Phi) is 12.2. The molecule has 9 nitrogen and oxygen atoms in total. The number of methoxy groups -OCH3 is 1. The number of aliphatic carboxylic acids is 1. The molecule has 186 valence electrons. The van der Waals surface area contributed by atoms with Crippen molar-refractivity contribution in [3.05, 3.63) is 29.8 Å². The molecule has 1 fully saturated rings. The van der Waals surface area contributed by atoms with Crippen molar-refractivity contribution in [2.24, 2.45) is 0 Å². The third-order valence-corrected chi connectivity index (χ3v) is 4.57. The number of rotatable bonds is 9. The zero-order valence-electron chi connectivity index (χ0n) is 18.7. The van der Waals surface area contributed by atoms with Crippen molar-refractivity contribution in [3.8, 4) is 5.75 Å². The van der Waals surface area contributed by atoms with Crippen molar-refractivity contribution in [3.63, 3.8) is 0 Å². The van der Waals surface area contributed by atoms with Crippen LogP contribution in [0, 0.1) is 0 Å². The van der Waals surface area contributed by atoms with Gasteiger partial charge < -0.3 is 29.7 Å². The first-order valence-corrected chi connectivity index (χ1v) is 10.4. The molecule has 0 spiro atoms. The Labute approximate surface area is 190 Å². The highest BCUT2D eigenvalue weighted by molar-refractivity contribution is 5.94. The second-order valence-electron chi connectivity index (χ2n) is 6.93. The minimum Gasteiger partial charge on any atom is -0.494 e. The summed E-state index contributed by atoms with van der Waals surface area (Å²) in [4.78, 5) is 37.6. The molecule has 12 heteroatoms. The van der Waals surface area contributed by atoms with Gasteiger partial charge in [-0.3, -0.25) is 9.59 Å². The quantitative estimate of drug-likeness (QED) is 0.557. The van der Waals surface area contributed by atoms with Gasteiger partial charge in [0, 0.05) is 58.4 Å². The zero-order valence-corrected chi connectivity index (χ0v) is 18.7. The molecule has 0 unspecified atom stereocenters. The molecular weight excluding hydrogens is 447 g/mol. The normalized spacial score (nSPS) is 13.5. The van der Waals surface area contributed by atoms with Crippen LogP contribution in [-0.4, -0.2) is 98.5 Å². The van der Waals surface area contributed by atoms with Crippen LogP contribution >= 0.6 is 0 Å². The van der Waals surface area contributed by atoms with Crippen molar-refractivity contribution >= 4 is 17.8 Å². The van der Waals surface area contributed by atoms with Gasteiger partial charge in [-0.15, -0.1) is 0 Å². The van der Waals surface area contributed by atoms with E-state index >= 15 is 0 Å². The number of hydrogen-bond donors (Lipinski definition) is 2. The molecule has 1 aromatic carbocycles. The first-order valence-electron chi connectivity index (χ1n) is 10.4. The molecule has 1 aliphatic heterocycles. The summed E-state index contributed by atoms with van der Waals surface area (Å²) in [5, 5.41) is 10.4. The number of hydrogen-bond acceptors (Lipinski definition) is 6. The number of benzene rings is 1. The minimum atomic E-state index is -5.08. The average molecular weight is 477 g/mol. The Bertz CT molecular complexity index is 753. The lowest BCUT2D eigenvalue weighted by Gasteiger charge is -2.29. The molecule has 0 aliphatic carbocycles.